The van der Waals surface area contributed by atoms with E-state index in [1.807, 2.05) is 13.8 Å². The number of hydrogen-bond donors (Lipinski definition) is 1. The summed E-state index contributed by atoms with van der Waals surface area (Å²) in [6.45, 7) is 4.77. The molecule has 1 atom stereocenters. The fraction of sp³-hybridized carbons (Fsp3) is 0.357. The third-order valence-electron chi connectivity index (χ3n) is 3.02. The molecule has 0 radical (unpaired) electrons. The molecule has 0 fully saturated rings. The molecule has 0 saturated carbocycles. The zero-order valence-corrected chi connectivity index (χ0v) is 11.8. The summed E-state index contributed by atoms with van der Waals surface area (Å²) in [6, 6.07) is 3.34. The summed E-state index contributed by atoms with van der Waals surface area (Å²) in [5, 5.41) is 13.8. The minimum atomic E-state index is -0.707. The van der Waals surface area contributed by atoms with Crippen molar-refractivity contribution in [2.75, 3.05) is 6.54 Å². The van der Waals surface area contributed by atoms with E-state index in [0.29, 0.717) is 5.89 Å². The van der Waals surface area contributed by atoms with Crippen molar-refractivity contribution < 1.29 is 13.7 Å². The Hall–Kier alpha value is -2.28. The SMILES string of the molecule is CCCNC(C)c1ncc(-c2ccc([N+](=O)[O-])cc2F)o1. The van der Waals surface area contributed by atoms with Crippen molar-refractivity contribution in [3.05, 3.63) is 46.2 Å². The Kier molecular flexibility index (Phi) is 4.64. The molecule has 112 valence electrons. The molecule has 0 bridgehead atoms. The summed E-state index contributed by atoms with van der Waals surface area (Å²) in [4.78, 5) is 14.1. The lowest BCUT2D eigenvalue weighted by atomic mass is 10.1. The first-order valence-corrected chi connectivity index (χ1v) is 6.66. The van der Waals surface area contributed by atoms with Crippen LogP contribution in [0.1, 0.15) is 32.2 Å². The molecule has 0 aliphatic heterocycles. The predicted octanol–water partition coefficient (Wildman–Crippen LogP) is 3.45. The molecule has 6 nitrogen and oxygen atoms in total. The highest BCUT2D eigenvalue weighted by atomic mass is 19.1. The third-order valence-corrected chi connectivity index (χ3v) is 3.02. The van der Waals surface area contributed by atoms with Gasteiger partial charge in [0, 0.05) is 6.07 Å². The second-order valence-corrected chi connectivity index (χ2v) is 4.66. The monoisotopic (exact) mass is 293 g/mol. The second-order valence-electron chi connectivity index (χ2n) is 4.66. The standard InChI is InChI=1S/C14H16FN3O3/c1-3-6-16-9(2)14-17-8-13(21-14)11-5-4-10(18(19)20)7-12(11)15/h4-5,7-9,16H,3,6H2,1-2H3. The van der Waals surface area contributed by atoms with Gasteiger partial charge < -0.3 is 9.73 Å². The Balaban J connectivity index is 2.23. The van der Waals surface area contributed by atoms with Crippen LogP contribution in [0.3, 0.4) is 0 Å². The van der Waals surface area contributed by atoms with Crippen LogP contribution in [0.2, 0.25) is 0 Å². The second kappa shape index (κ2) is 6.45. The first-order chi connectivity index (χ1) is 10.0. The maximum absolute atomic E-state index is 13.9. The lowest BCUT2D eigenvalue weighted by Gasteiger charge is -2.08. The highest BCUT2D eigenvalue weighted by molar-refractivity contribution is 5.59. The van der Waals surface area contributed by atoms with E-state index in [-0.39, 0.29) is 23.1 Å². The number of nitrogens with zero attached hydrogens (tertiary/aromatic N) is 2. The molecule has 1 aromatic carbocycles. The molecule has 1 unspecified atom stereocenters. The Bertz CT molecular complexity index is 642. The lowest BCUT2D eigenvalue weighted by Crippen LogP contribution is -2.19. The summed E-state index contributed by atoms with van der Waals surface area (Å²) in [5.74, 6) is -0.000167. The van der Waals surface area contributed by atoms with Crippen LogP contribution in [0.25, 0.3) is 11.3 Å². The van der Waals surface area contributed by atoms with Gasteiger partial charge in [0.05, 0.1) is 28.8 Å². The third kappa shape index (κ3) is 3.43. The number of oxazole rings is 1. The highest BCUT2D eigenvalue weighted by Gasteiger charge is 2.17. The molecule has 1 N–H and O–H groups in total. The molecule has 0 aliphatic rings. The average Bonchev–Trinajstić information content (AvgIpc) is 2.94. The number of non-ortho nitro benzene ring substituents is 1. The van der Waals surface area contributed by atoms with Crippen LogP contribution in [0.5, 0.6) is 0 Å². The normalized spacial score (nSPS) is 12.3. The van der Waals surface area contributed by atoms with Gasteiger partial charge in [0.1, 0.15) is 5.82 Å². The van der Waals surface area contributed by atoms with Crippen LogP contribution in [0.15, 0.2) is 28.8 Å². The number of nitrogens with one attached hydrogen (secondary N) is 1. The Labute approximate surface area is 121 Å². The molecule has 21 heavy (non-hydrogen) atoms. The molecule has 1 aromatic heterocycles. The fourth-order valence-corrected chi connectivity index (χ4v) is 1.88. The van der Waals surface area contributed by atoms with Gasteiger partial charge in [-0.2, -0.15) is 0 Å². The smallest absolute Gasteiger partial charge is 0.272 e. The number of rotatable bonds is 6. The van der Waals surface area contributed by atoms with E-state index in [4.69, 9.17) is 4.42 Å². The lowest BCUT2D eigenvalue weighted by molar-refractivity contribution is -0.385. The molecule has 7 heteroatoms. The minimum absolute atomic E-state index is 0.0835. The first-order valence-electron chi connectivity index (χ1n) is 6.66. The molecular formula is C14H16FN3O3. The van der Waals surface area contributed by atoms with E-state index in [1.165, 1.54) is 18.3 Å². The molecule has 1 heterocycles. The van der Waals surface area contributed by atoms with Crippen LogP contribution < -0.4 is 5.32 Å². The minimum Gasteiger partial charge on any atom is -0.439 e. The van der Waals surface area contributed by atoms with E-state index in [0.717, 1.165) is 19.0 Å². The highest BCUT2D eigenvalue weighted by Crippen LogP contribution is 2.28. The van der Waals surface area contributed by atoms with Gasteiger partial charge in [-0.05, 0) is 26.0 Å². The van der Waals surface area contributed by atoms with E-state index >= 15 is 0 Å². The van der Waals surface area contributed by atoms with Crippen LogP contribution in [-0.4, -0.2) is 16.5 Å². The maximum Gasteiger partial charge on any atom is 0.272 e. The van der Waals surface area contributed by atoms with Gasteiger partial charge in [-0.25, -0.2) is 9.37 Å². The summed E-state index contributed by atoms with van der Waals surface area (Å²) < 4.78 is 19.4. The topological polar surface area (TPSA) is 81.2 Å². The predicted molar refractivity (Wildman–Crippen MR) is 75.3 cm³/mol. The van der Waals surface area contributed by atoms with Crippen molar-refractivity contribution in [2.45, 2.75) is 26.3 Å². The van der Waals surface area contributed by atoms with Gasteiger partial charge >= 0.3 is 0 Å². The van der Waals surface area contributed by atoms with Crippen molar-refractivity contribution in [3.63, 3.8) is 0 Å². The van der Waals surface area contributed by atoms with Gasteiger partial charge in [-0.15, -0.1) is 0 Å². The fourth-order valence-electron chi connectivity index (χ4n) is 1.88. The van der Waals surface area contributed by atoms with Crippen LogP contribution in [-0.2, 0) is 0 Å². The number of aromatic nitrogens is 1. The van der Waals surface area contributed by atoms with Crippen LogP contribution in [0.4, 0.5) is 10.1 Å². The Morgan fingerprint density at radius 3 is 2.90 bits per heavy atom. The van der Waals surface area contributed by atoms with E-state index in [9.17, 15) is 14.5 Å². The summed E-state index contributed by atoms with van der Waals surface area (Å²) in [5.41, 5.74) is -0.143. The van der Waals surface area contributed by atoms with Crippen LogP contribution in [0, 0.1) is 15.9 Å². The van der Waals surface area contributed by atoms with Crippen molar-refractivity contribution in [1.82, 2.24) is 10.3 Å². The molecule has 0 aliphatic carbocycles. The van der Waals surface area contributed by atoms with Gasteiger partial charge in [0.2, 0.25) is 5.89 Å². The summed E-state index contributed by atoms with van der Waals surface area (Å²) in [6.07, 6.45) is 2.40. The zero-order valence-electron chi connectivity index (χ0n) is 11.8. The van der Waals surface area contributed by atoms with Gasteiger partial charge in [-0.3, -0.25) is 10.1 Å². The van der Waals surface area contributed by atoms with Gasteiger partial charge in [0.15, 0.2) is 5.76 Å². The summed E-state index contributed by atoms with van der Waals surface area (Å²) in [7, 11) is 0. The van der Waals surface area contributed by atoms with Crippen molar-refractivity contribution >= 4 is 5.69 Å². The number of nitro benzene ring substituents is 1. The molecule has 2 rings (SSSR count). The van der Waals surface area contributed by atoms with Gasteiger partial charge in [0.25, 0.3) is 5.69 Å². The molecule has 0 amide bonds. The van der Waals surface area contributed by atoms with Gasteiger partial charge in [-0.1, -0.05) is 6.92 Å². The quantitative estimate of drug-likeness (QED) is 0.651. The van der Waals surface area contributed by atoms with E-state index < -0.39 is 10.7 Å². The first kappa shape index (κ1) is 15.1. The van der Waals surface area contributed by atoms with Crippen LogP contribution >= 0.6 is 0 Å². The van der Waals surface area contributed by atoms with Crippen molar-refractivity contribution in [2.24, 2.45) is 0 Å². The van der Waals surface area contributed by atoms with Crippen molar-refractivity contribution in [3.8, 4) is 11.3 Å². The van der Waals surface area contributed by atoms with Crippen molar-refractivity contribution in [1.29, 1.82) is 0 Å². The molecule has 0 saturated heterocycles. The number of hydrogen-bond acceptors (Lipinski definition) is 5. The largest absolute Gasteiger partial charge is 0.439 e. The number of halogens is 1. The zero-order chi connectivity index (χ0) is 15.4. The van der Waals surface area contributed by atoms with E-state index in [2.05, 4.69) is 10.3 Å². The summed E-state index contributed by atoms with van der Waals surface area (Å²) >= 11 is 0. The molecule has 2 aromatic rings. The maximum atomic E-state index is 13.9. The Morgan fingerprint density at radius 1 is 1.52 bits per heavy atom. The number of benzene rings is 1. The molecular weight excluding hydrogens is 277 g/mol. The molecule has 0 spiro atoms. The van der Waals surface area contributed by atoms with E-state index in [1.54, 1.807) is 0 Å². The average molecular weight is 293 g/mol. The Morgan fingerprint density at radius 2 is 2.29 bits per heavy atom. The number of nitro groups is 1.